The van der Waals surface area contributed by atoms with Crippen LogP contribution in [-0.2, 0) is 28.5 Å². The second-order valence-corrected chi connectivity index (χ2v) is 6.18. The van der Waals surface area contributed by atoms with Crippen LogP contribution in [0, 0.1) is 0 Å². The van der Waals surface area contributed by atoms with E-state index in [1.54, 1.807) is 13.8 Å². The molecule has 2 aliphatic heterocycles. The van der Waals surface area contributed by atoms with Gasteiger partial charge in [-0.2, -0.15) is 0 Å². The zero-order valence-electron chi connectivity index (χ0n) is 14.0. The number of methoxy groups -OCH3 is 1. The van der Waals surface area contributed by atoms with Crippen LogP contribution >= 0.6 is 0 Å². The number of carbonyl (C=O) groups excluding carboxylic acids is 2. The molecule has 0 aromatic carbocycles. The lowest BCUT2D eigenvalue weighted by atomic mass is 9.94. The quantitative estimate of drug-likeness (QED) is 0.544. The van der Waals surface area contributed by atoms with Gasteiger partial charge in [0.15, 0.2) is 11.9 Å². The lowest BCUT2D eigenvalue weighted by Gasteiger charge is -2.38. The molecular weight excluding hydrogens is 322 g/mol. The summed E-state index contributed by atoms with van der Waals surface area (Å²) in [6.07, 6.45) is -3.24. The molecule has 0 aromatic heterocycles. The molecule has 2 aliphatic rings. The Morgan fingerprint density at radius 3 is 2.62 bits per heavy atom. The third-order valence-corrected chi connectivity index (χ3v) is 3.81. The maximum absolute atomic E-state index is 11.7. The Labute approximate surface area is 139 Å². The summed E-state index contributed by atoms with van der Waals surface area (Å²) >= 11 is 0. The second kappa shape index (κ2) is 7.06. The summed E-state index contributed by atoms with van der Waals surface area (Å²) in [7, 11) is 1.17. The molecule has 0 radical (unpaired) electrons. The van der Waals surface area contributed by atoms with Crippen molar-refractivity contribution in [1.29, 1.82) is 0 Å². The van der Waals surface area contributed by atoms with Crippen LogP contribution in [0.15, 0.2) is 11.8 Å². The number of nitrogens with one attached hydrogen (secondary N) is 1. The fourth-order valence-corrected chi connectivity index (χ4v) is 2.71. The summed E-state index contributed by atoms with van der Waals surface area (Å²) in [6.45, 7) is 4.77. The molecule has 9 heteroatoms. The maximum atomic E-state index is 11.7. The van der Waals surface area contributed by atoms with Crippen molar-refractivity contribution in [3.8, 4) is 0 Å². The van der Waals surface area contributed by atoms with Crippen molar-refractivity contribution in [2.75, 3.05) is 13.7 Å². The van der Waals surface area contributed by atoms with Gasteiger partial charge in [0.1, 0.15) is 18.3 Å². The van der Waals surface area contributed by atoms with Crippen LogP contribution in [0.4, 0.5) is 0 Å². The van der Waals surface area contributed by atoms with E-state index in [9.17, 15) is 19.8 Å². The molecule has 1 saturated heterocycles. The molecule has 136 valence electrons. The van der Waals surface area contributed by atoms with Gasteiger partial charge in [-0.25, -0.2) is 4.79 Å². The van der Waals surface area contributed by atoms with E-state index in [2.05, 4.69) is 10.1 Å². The fraction of sp³-hybridized carbons (Fsp3) is 0.733. The molecule has 5 atom stereocenters. The number of hydrogen-bond donors (Lipinski definition) is 3. The van der Waals surface area contributed by atoms with E-state index in [1.807, 2.05) is 0 Å². The first-order chi connectivity index (χ1) is 11.1. The molecule has 0 aliphatic carbocycles. The van der Waals surface area contributed by atoms with E-state index in [-0.39, 0.29) is 12.4 Å². The number of ether oxygens (including phenoxy) is 4. The molecule has 1 amide bonds. The zero-order valence-corrected chi connectivity index (χ0v) is 14.0. The molecular formula is C15H23NO8. The molecule has 1 fully saturated rings. The molecule has 3 N–H and O–H groups in total. The van der Waals surface area contributed by atoms with Gasteiger partial charge >= 0.3 is 5.97 Å². The van der Waals surface area contributed by atoms with Gasteiger partial charge in [0.2, 0.25) is 11.7 Å². The number of aliphatic hydroxyl groups is 2. The third-order valence-electron chi connectivity index (χ3n) is 3.81. The standard InChI is InChI=1S/C15H23NO8/c1-7(17)16-11-8(18)5-9(14(20)21-4)23-13(11)12(19)10-6-22-15(2,3)24-10/h5,8,10-13,18-19H,6H2,1-4H3,(H,16,17)/t8-,10?,11+,12-,13+/m0/s1. The lowest BCUT2D eigenvalue weighted by molar-refractivity contribution is -0.172. The third kappa shape index (κ3) is 4.04. The Morgan fingerprint density at radius 1 is 1.46 bits per heavy atom. The highest BCUT2D eigenvalue weighted by Gasteiger charge is 2.47. The van der Waals surface area contributed by atoms with Crippen molar-refractivity contribution in [2.24, 2.45) is 0 Å². The van der Waals surface area contributed by atoms with Crippen LogP contribution in [-0.4, -0.2) is 72.1 Å². The summed E-state index contributed by atoms with van der Waals surface area (Å²) in [4.78, 5) is 23.1. The van der Waals surface area contributed by atoms with E-state index in [1.165, 1.54) is 14.0 Å². The molecule has 2 rings (SSSR count). The van der Waals surface area contributed by atoms with Crippen LogP contribution in [0.25, 0.3) is 0 Å². The summed E-state index contributed by atoms with van der Waals surface area (Å²) in [6, 6.07) is -0.960. The van der Waals surface area contributed by atoms with E-state index in [4.69, 9.17) is 14.2 Å². The Balaban J connectivity index is 2.23. The van der Waals surface area contributed by atoms with Crippen molar-refractivity contribution >= 4 is 11.9 Å². The number of hydrogen-bond acceptors (Lipinski definition) is 8. The van der Waals surface area contributed by atoms with Gasteiger partial charge in [0.25, 0.3) is 0 Å². The van der Waals surface area contributed by atoms with Gasteiger partial charge in [-0.3, -0.25) is 4.79 Å². The van der Waals surface area contributed by atoms with Gasteiger partial charge in [-0.1, -0.05) is 0 Å². The van der Waals surface area contributed by atoms with Crippen molar-refractivity contribution in [1.82, 2.24) is 5.32 Å². The van der Waals surface area contributed by atoms with Gasteiger partial charge in [0.05, 0.1) is 19.8 Å². The summed E-state index contributed by atoms with van der Waals surface area (Å²) in [5.74, 6) is -2.33. The first-order valence-corrected chi connectivity index (χ1v) is 7.56. The first-order valence-electron chi connectivity index (χ1n) is 7.56. The van der Waals surface area contributed by atoms with Crippen LogP contribution < -0.4 is 5.32 Å². The number of aliphatic hydroxyl groups excluding tert-OH is 2. The van der Waals surface area contributed by atoms with Crippen LogP contribution in [0.1, 0.15) is 20.8 Å². The maximum Gasteiger partial charge on any atom is 0.373 e. The van der Waals surface area contributed by atoms with Crippen molar-refractivity contribution in [2.45, 2.75) is 57.0 Å². The average Bonchev–Trinajstić information content (AvgIpc) is 2.87. The zero-order chi connectivity index (χ0) is 18.1. The molecule has 9 nitrogen and oxygen atoms in total. The van der Waals surface area contributed by atoms with Crippen molar-refractivity contribution in [3.05, 3.63) is 11.8 Å². The number of carbonyl (C=O) groups is 2. The number of amides is 1. The number of rotatable bonds is 4. The predicted octanol–water partition coefficient (Wildman–Crippen LogP) is -1.18. The molecule has 0 saturated carbocycles. The Kier molecular flexibility index (Phi) is 5.49. The second-order valence-electron chi connectivity index (χ2n) is 6.18. The smallest absolute Gasteiger partial charge is 0.373 e. The fourth-order valence-electron chi connectivity index (χ4n) is 2.71. The van der Waals surface area contributed by atoms with Gasteiger partial charge in [-0.05, 0) is 19.9 Å². The molecule has 2 heterocycles. The van der Waals surface area contributed by atoms with Gasteiger partial charge in [-0.15, -0.1) is 0 Å². The highest BCUT2D eigenvalue weighted by atomic mass is 16.7. The van der Waals surface area contributed by atoms with Crippen molar-refractivity contribution < 1.29 is 38.7 Å². The van der Waals surface area contributed by atoms with Crippen LogP contribution in [0.3, 0.4) is 0 Å². The van der Waals surface area contributed by atoms with E-state index in [0.29, 0.717) is 0 Å². The minimum Gasteiger partial charge on any atom is -0.478 e. The minimum atomic E-state index is -1.26. The molecule has 0 bridgehead atoms. The Morgan fingerprint density at radius 2 is 2.12 bits per heavy atom. The molecule has 1 unspecified atom stereocenters. The highest BCUT2D eigenvalue weighted by molar-refractivity contribution is 5.86. The SMILES string of the molecule is COC(=O)C1=C[C@H](O)[C@@H](NC(C)=O)[C@H]([C@@H](O)C2COC(C)(C)O2)O1. The minimum absolute atomic E-state index is 0.105. The monoisotopic (exact) mass is 345 g/mol. The summed E-state index contributed by atoms with van der Waals surface area (Å²) in [5, 5.41) is 23.4. The number of esters is 1. The van der Waals surface area contributed by atoms with E-state index < -0.39 is 48.1 Å². The first kappa shape index (κ1) is 18.7. The van der Waals surface area contributed by atoms with E-state index in [0.717, 1.165) is 6.08 Å². The van der Waals surface area contributed by atoms with Crippen molar-refractivity contribution in [3.63, 3.8) is 0 Å². The summed E-state index contributed by atoms with van der Waals surface area (Å²) in [5.41, 5.74) is 0. The predicted molar refractivity (Wildman–Crippen MR) is 79.5 cm³/mol. The molecule has 0 aromatic rings. The van der Waals surface area contributed by atoms with Gasteiger partial charge < -0.3 is 34.5 Å². The highest BCUT2D eigenvalue weighted by Crippen LogP contribution is 2.29. The molecule has 0 spiro atoms. The van der Waals surface area contributed by atoms with Gasteiger partial charge in [0, 0.05) is 6.92 Å². The largest absolute Gasteiger partial charge is 0.478 e. The summed E-state index contributed by atoms with van der Waals surface area (Å²) < 4.78 is 21.1. The Bertz CT molecular complexity index is 532. The lowest BCUT2D eigenvalue weighted by Crippen LogP contribution is -2.59. The topological polar surface area (TPSA) is 124 Å². The van der Waals surface area contributed by atoms with E-state index >= 15 is 0 Å². The molecule has 24 heavy (non-hydrogen) atoms. The Hall–Kier alpha value is -1.68. The average molecular weight is 345 g/mol. The normalized spacial score (nSPS) is 33.2. The van der Waals surface area contributed by atoms with Crippen LogP contribution in [0.2, 0.25) is 0 Å². The van der Waals surface area contributed by atoms with Crippen LogP contribution in [0.5, 0.6) is 0 Å².